The van der Waals surface area contributed by atoms with Gasteiger partial charge in [-0.25, -0.2) is 4.98 Å². The molecule has 1 amide bonds. The van der Waals surface area contributed by atoms with Gasteiger partial charge in [0.15, 0.2) is 0 Å². The summed E-state index contributed by atoms with van der Waals surface area (Å²) < 4.78 is 5.33. The summed E-state index contributed by atoms with van der Waals surface area (Å²) in [6, 6.07) is 18.5. The number of rotatable bonds is 7. The Kier molecular flexibility index (Phi) is 6.28. The molecule has 0 spiro atoms. The van der Waals surface area contributed by atoms with Gasteiger partial charge in [0.25, 0.3) is 5.91 Å². The molecule has 0 unspecified atom stereocenters. The van der Waals surface area contributed by atoms with Crippen LogP contribution >= 0.6 is 11.6 Å². The van der Waals surface area contributed by atoms with Crippen LogP contribution in [0.4, 0.5) is 11.5 Å². The molecule has 1 aromatic heterocycles. The number of amides is 1. The zero-order valence-electron chi connectivity index (χ0n) is 14.9. The fourth-order valence-electron chi connectivity index (χ4n) is 2.66. The summed E-state index contributed by atoms with van der Waals surface area (Å²) >= 11 is 6.15. The smallest absolute Gasteiger partial charge is 0.251 e. The van der Waals surface area contributed by atoms with Crippen molar-refractivity contribution >= 4 is 29.0 Å². The lowest BCUT2D eigenvalue weighted by Crippen LogP contribution is -2.25. The molecule has 138 valence electrons. The van der Waals surface area contributed by atoms with E-state index in [1.165, 1.54) is 0 Å². The van der Waals surface area contributed by atoms with Crippen LogP contribution in [0.5, 0.6) is 5.75 Å². The molecule has 0 fully saturated rings. The van der Waals surface area contributed by atoms with Crippen molar-refractivity contribution in [1.82, 2.24) is 10.3 Å². The van der Waals surface area contributed by atoms with E-state index in [2.05, 4.69) is 15.6 Å². The summed E-state index contributed by atoms with van der Waals surface area (Å²) in [5, 5.41) is 6.64. The van der Waals surface area contributed by atoms with Crippen molar-refractivity contribution in [2.75, 3.05) is 19.0 Å². The third-order valence-electron chi connectivity index (χ3n) is 4.03. The number of ether oxygens (including phenoxy) is 1. The third-order valence-corrected chi connectivity index (χ3v) is 4.36. The van der Waals surface area contributed by atoms with Crippen LogP contribution < -0.4 is 15.4 Å². The van der Waals surface area contributed by atoms with Crippen LogP contribution in [0.2, 0.25) is 5.02 Å². The van der Waals surface area contributed by atoms with Gasteiger partial charge in [-0.15, -0.1) is 0 Å². The maximum atomic E-state index is 12.4. The number of hydrogen-bond donors (Lipinski definition) is 2. The zero-order chi connectivity index (χ0) is 19.1. The van der Waals surface area contributed by atoms with Gasteiger partial charge in [-0.05, 0) is 42.3 Å². The topological polar surface area (TPSA) is 63.2 Å². The number of aromatic nitrogens is 1. The molecule has 0 atom stereocenters. The quantitative estimate of drug-likeness (QED) is 0.634. The van der Waals surface area contributed by atoms with Crippen LogP contribution in [0.15, 0.2) is 66.9 Å². The molecular formula is C21H20ClN3O2. The SMILES string of the molecule is COc1ccccc1CCNC(=O)c1ccnc(Nc2ccccc2Cl)c1. The number of halogens is 1. The molecule has 2 aromatic carbocycles. The molecule has 0 saturated carbocycles. The molecule has 3 aromatic rings. The first-order chi connectivity index (χ1) is 13.2. The first kappa shape index (κ1) is 18.7. The molecule has 0 radical (unpaired) electrons. The Hall–Kier alpha value is -3.05. The average molecular weight is 382 g/mol. The summed E-state index contributed by atoms with van der Waals surface area (Å²) in [7, 11) is 1.64. The van der Waals surface area contributed by atoms with E-state index in [4.69, 9.17) is 16.3 Å². The molecule has 0 aliphatic carbocycles. The van der Waals surface area contributed by atoms with Crippen LogP contribution in [0, 0.1) is 0 Å². The number of nitrogens with one attached hydrogen (secondary N) is 2. The highest BCUT2D eigenvalue weighted by Gasteiger charge is 2.09. The molecule has 1 heterocycles. The summed E-state index contributed by atoms with van der Waals surface area (Å²) in [5.74, 6) is 1.22. The van der Waals surface area contributed by atoms with Crippen molar-refractivity contribution in [1.29, 1.82) is 0 Å². The number of anilines is 2. The van der Waals surface area contributed by atoms with E-state index in [0.29, 0.717) is 29.4 Å². The zero-order valence-corrected chi connectivity index (χ0v) is 15.7. The summed E-state index contributed by atoms with van der Waals surface area (Å²) in [4.78, 5) is 16.7. The molecule has 5 nitrogen and oxygen atoms in total. The molecule has 3 rings (SSSR count). The van der Waals surface area contributed by atoms with Crippen molar-refractivity contribution in [3.05, 3.63) is 83.0 Å². The van der Waals surface area contributed by atoms with E-state index >= 15 is 0 Å². The second-order valence-corrected chi connectivity index (χ2v) is 6.26. The van der Waals surface area contributed by atoms with Gasteiger partial charge >= 0.3 is 0 Å². The molecule has 0 aliphatic heterocycles. The van der Waals surface area contributed by atoms with E-state index < -0.39 is 0 Å². The normalized spacial score (nSPS) is 10.3. The molecule has 6 heteroatoms. The first-order valence-electron chi connectivity index (χ1n) is 8.55. The minimum atomic E-state index is -0.158. The predicted octanol–water partition coefficient (Wildman–Crippen LogP) is 4.46. The Morgan fingerprint density at radius 1 is 1.11 bits per heavy atom. The number of nitrogens with zero attached hydrogens (tertiary/aromatic N) is 1. The Bertz CT molecular complexity index is 931. The number of para-hydroxylation sites is 2. The maximum Gasteiger partial charge on any atom is 0.251 e. The van der Waals surface area contributed by atoms with Crippen LogP contribution in [0.25, 0.3) is 0 Å². The van der Waals surface area contributed by atoms with E-state index in [0.717, 1.165) is 17.0 Å². The van der Waals surface area contributed by atoms with Crippen LogP contribution in [-0.2, 0) is 6.42 Å². The van der Waals surface area contributed by atoms with Crippen molar-refractivity contribution in [2.24, 2.45) is 0 Å². The van der Waals surface area contributed by atoms with Gasteiger partial charge in [-0.2, -0.15) is 0 Å². The van der Waals surface area contributed by atoms with E-state index in [1.807, 2.05) is 42.5 Å². The monoisotopic (exact) mass is 381 g/mol. The standard InChI is InChI=1S/C21H20ClN3O2/c1-27-19-9-5-2-6-15(19)10-13-24-21(26)16-11-12-23-20(14-16)25-18-8-4-3-7-17(18)22/h2-9,11-12,14H,10,13H2,1H3,(H,23,25)(H,24,26). The van der Waals surface area contributed by atoms with Crippen LogP contribution in [0.1, 0.15) is 15.9 Å². The molecule has 27 heavy (non-hydrogen) atoms. The van der Waals surface area contributed by atoms with Crippen LogP contribution in [-0.4, -0.2) is 24.5 Å². The van der Waals surface area contributed by atoms with Crippen molar-refractivity contribution < 1.29 is 9.53 Å². The molecular weight excluding hydrogens is 362 g/mol. The third kappa shape index (κ3) is 4.99. The van der Waals surface area contributed by atoms with Gasteiger partial charge in [0, 0.05) is 18.3 Å². The number of hydrogen-bond acceptors (Lipinski definition) is 4. The Labute approximate surface area is 163 Å². The lowest BCUT2D eigenvalue weighted by molar-refractivity contribution is 0.0954. The highest BCUT2D eigenvalue weighted by Crippen LogP contribution is 2.24. The largest absolute Gasteiger partial charge is 0.496 e. The first-order valence-corrected chi connectivity index (χ1v) is 8.93. The van der Waals surface area contributed by atoms with Crippen molar-refractivity contribution in [2.45, 2.75) is 6.42 Å². The summed E-state index contributed by atoms with van der Waals surface area (Å²) in [6.07, 6.45) is 2.28. The summed E-state index contributed by atoms with van der Waals surface area (Å²) in [5.41, 5.74) is 2.32. The highest BCUT2D eigenvalue weighted by atomic mass is 35.5. The van der Waals surface area contributed by atoms with E-state index in [-0.39, 0.29) is 5.91 Å². The Morgan fingerprint density at radius 3 is 2.70 bits per heavy atom. The second kappa shape index (κ2) is 9.05. The average Bonchev–Trinajstić information content (AvgIpc) is 2.70. The second-order valence-electron chi connectivity index (χ2n) is 5.85. The number of methoxy groups -OCH3 is 1. The highest BCUT2D eigenvalue weighted by molar-refractivity contribution is 6.33. The van der Waals surface area contributed by atoms with E-state index in [9.17, 15) is 4.79 Å². The molecule has 0 bridgehead atoms. The summed E-state index contributed by atoms with van der Waals surface area (Å²) in [6.45, 7) is 0.509. The Morgan fingerprint density at radius 2 is 1.89 bits per heavy atom. The minimum absolute atomic E-state index is 0.158. The van der Waals surface area contributed by atoms with Gasteiger partial charge in [0.05, 0.1) is 17.8 Å². The number of carbonyl (C=O) groups is 1. The van der Waals surface area contributed by atoms with Gasteiger partial charge in [0.1, 0.15) is 11.6 Å². The van der Waals surface area contributed by atoms with Crippen LogP contribution in [0.3, 0.4) is 0 Å². The minimum Gasteiger partial charge on any atom is -0.496 e. The van der Waals surface area contributed by atoms with Crippen molar-refractivity contribution in [3.63, 3.8) is 0 Å². The van der Waals surface area contributed by atoms with Gasteiger partial charge in [0.2, 0.25) is 0 Å². The van der Waals surface area contributed by atoms with Gasteiger partial charge in [-0.3, -0.25) is 4.79 Å². The molecule has 0 aliphatic rings. The fraction of sp³-hybridized carbons (Fsp3) is 0.143. The van der Waals surface area contributed by atoms with Crippen molar-refractivity contribution in [3.8, 4) is 5.75 Å². The maximum absolute atomic E-state index is 12.4. The molecule has 2 N–H and O–H groups in total. The molecule has 0 saturated heterocycles. The Balaban J connectivity index is 1.61. The van der Waals surface area contributed by atoms with Gasteiger partial charge < -0.3 is 15.4 Å². The van der Waals surface area contributed by atoms with Gasteiger partial charge in [-0.1, -0.05) is 41.9 Å². The number of carbonyl (C=O) groups excluding carboxylic acids is 1. The van der Waals surface area contributed by atoms with E-state index in [1.54, 1.807) is 31.5 Å². The lowest BCUT2D eigenvalue weighted by Gasteiger charge is -2.10. The fourth-order valence-corrected chi connectivity index (χ4v) is 2.85. The number of benzene rings is 2. The predicted molar refractivity (Wildman–Crippen MR) is 108 cm³/mol. The lowest BCUT2D eigenvalue weighted by atomic mass is 10.1. The number of pyridine rings is 1.